The van der Waals surface area contributed by atoms with E-state index in [0.717, 1.165) is 42.8 Å². The van der Waals surface area contributed by atoms with Crippen molar-refractivity contribution in [1.29, 1.82) is 0 Å². The number of aromatic carboxylic acids is 1. The molecule has 0 unspecified atom stereocenters. The van der Waals surface area contributed by atoms with Crippen LogP contribution in [-0.2, 0) is 12.8 Å². The monoisotopic (exact) mass is 539 g/mol. The summed E-state index contributed by atoms with van der Waals surface area (Å²) < 4.78 is 42.3. The Balaban J connectivity index is 1.55. The Hall–Kier alpha value is -3.09. The number of benzene rings is 3. The Morgan fingerprint density at radius 2 is 1.76 bits per heavy atom. The number of hydrogen-bond acceptors (Lipinski definition) is 2. The first-order valence-corrected chi connectivity index (χ1v) is 13.4. The highest BCUT2D eigenvalue weighted by atomic mass is 35.5. The molecule has 7 heteroatoms. The van der Waals surface area contributed by atoms with Crippen LogP contribution in [-0.4, -0.2) is 42.3 Å². The van der Waals surface area contributed by atoms with Crippen LogP contribution in [0.1, 0.15) is 57.4 Å². The molecule has 5 rings (SSSR count). The number of alkyl halides is 1. The van der Waals surface area contributed by atoms with Gasteiger partial charge in [-0.1, -0.05) is 54.1 Å². The number of carboxylic acid groups (broad SMARTS) is 1. The van der Waals surface area contributed by atoms with Gasteiger partial charge in [0, 0.05) is 19.6 Å². The average molecular weight is 540 g/mol. The second-order valence-corrected chi connectivity index (χ2v) is 10.5. The Bertz CT molecular complexity index is 1380. The van der Waals surface area contributed by atoms with Gasteiger partial charge in [-0.3, -0.25) is 4.39 Å². The molecule has 38 heavy (non-hydrogen) atoms. The van der Waals surface area contributed by atoms with Crippen LogP contribution in [0, 0.1) is 17.6 Å². The predicted molar refractivity (Wildman–Crippen MR) is 144 cm³/mol. The summed E-state index contributed by atoms with van der Waals surface area (Å²) in [6.07, 6.45) is 2.96. The van der Waals surface area contributed by atoms with Gasteiger partial charge in [-0.2, -0.15) is 0 Å². The molecule has 3 aromatic carbocycles. The highest BCUT2D eigenvalue weighted by molar-refractivity contribution is 6.33. The van der Waals surface area contributed by atoms with E-state index >= 15 is 4.39 Å². The lowest BCUT2D eigenvalue weighted by atomic mass is 9.86. The van der Waals surface area contributed by atoms with E-state index in [9.17, 15) is 18.7 Å². The minimum atomic E-state index is -1.31. The number of carboxylic acids is 1. The Kier molecular flexibility index (Phi) is 7.91. The minimum absolute atomic E-state index is 0.0185. The summed E-state index contributed by atoms with van der Waals surface area (Å²) in [7, 11) is 0. The molecular formula is C31H29ClF3NO2. The van der Waals surface area contributed by atoms with Crippen LogP contribution < -0.4 is 0 Å². The normalized spacial score (nSPS) is 16.2. The van der Waals surface area contributed by atoms with Crippen LogP contribution >= 0.6 is 11.6 Å². The molecule has 0 radical (unpaired) electrons. The molecule has 3 nitrogen and oxygen atoms in total. The molecule has 1 N–H and O–H groups in total. The van der Waals surface area contributed by atoms with Gasteiger partial charge in [0.05, 0.1) is 17.3 Å². The van der Waals surface area contributed by atoms with Crippen molar-refractivity contribution in [1.82, 2.24) is 4.90 Å². The van der Waals surface area contributed by atoms with Crippen LogP contribution in [0.2, 0.25) is 5.02 Å². The number of fused-ring (bicyclic) bond motifs is 1. The maximum absolute atomic E-state index is 15.4. The summed E-state index contributed by atoms with van der Waals surface area (Å²) in [4.78, 5) is 13.9. The van der Waals surface area contributed by atoms with Gasteiger partial charge in [0.15, 0.2) is 0 Å². The Labute approximate surface area is 225 Å². The SMILES string of the molecule is O=C(O)c1ccc2c(c1F)CCCC(c1cccc(F)c1Cl)=C2c1ccc(CC2CN(CCCF)C2)cc1. The summed E-state index contributed by atoms with van der Waals surface area (Å²) in [5.74, 6) is -2.03. The highest BCUT2D eigenvalue weighted by Gasteiger charge is 2.28. The van der Waals surface area contributed by atoms with E-state index in [-0.39, 0.29) is 17.3 Å². The number of allylic oxidation sites excluding steroid dienone is 1. The molecule has 0 saturated carbocycles. The molecular weight excluding hydrogens is 511 g/mol. The number of carbonyl (C=O) groups is 1. The molecule has 0 amide bonds. The Morgan fingerprint density at radius 3 is 2.47 bits per heavy atom. The first kappa shape index (κ1) is 26.5. The molecule has 1 aliphatic carbocycles. The lowest BCUT2D eigenvalue weighted by Gasteiger charge is -2.39. The average Bonchev–Trinajstić information content (AvgIpc) is 3.07. The quantitative estimate of drug-likeness (QED) is 0.323. The number of likely N-dealkylation sites (tertiary alicyclic amines) is 1. The zero-order chi connectivity index (χ0) is 26.8. The van der Waals surface area contributed by atoms with Crippen LogP contribution in [0.25, 0.3) is 11.1 Å². The maximum atomic E-state index is 15.4. The van der Waals surface area contributed by atoms with E-state index in [4.69, 9.17) is 11.6 Å². The molecule has 0 aromatic heterocycles. The van der Waals surface area contributed by atoms with Gasteiger partial charge < -0.3 is 10.0 Å². The standard InChI is InChI=1S/C31H29ClF3NO2/c32-29-24(5-2-7-27(29)34)22-4-1-6-25-23(12-13-26(30(25)35)31(37)38)28(22)21-10-8-19(9-11-21)16-20-17-36(18-20)15-3-14-33/h2,5,7-13,20H,1,3-4,6,14-18H2,(H,37,38). The first-order chi connectivity index (χ1) is 18.4. The Morgan fingerprint density at radius 1 is 1.00 bits per heavy atom. The third-order valence-electron chi connectivity index (χ3n) is 7.58. The van der Waals surface area contributed by atoms with Crippen molar-refractivity contribution in [2.24, 2.45) is 5.92 Å². The minimum Gasteiger partial charge on any atom is -0.478 e. The second-order valence-electron chi connectivity index (χ2n) is 10.1. The summed E-state index contributed by atoms with van der Waals surface area (Å²) >= 11 is 6.42. The first-order valence-electron chi connectivity index (χ1n) is 13.0. The summed E-state index contributed by atoms with van der Waals surface area (Å²) in [6, 6.07) is 15.8. The number of rotatable bonds is 8. The van der Waals surface area contributed by atoms with Crippen molar-refractivity contribution in [3.05, 3.63) is 105 Å². The fraction of sp³-hybridized carbons (Fsp3) is 0.323. The van der Waals surface area contributed by atoms with E-state index in [1.165, 1.54) is 17.7 Å². The highest BCUT2D eigenvalue weighted by Crippen LogP contribution is 2.43. The van der Waals surface area contributed by atoms with E-state index in [2.05, 4.69) is 17.0 Å². The molecule has 0 spiro atoms. The number of halogens is 4. The summed E-state index contributed by atoms with van der Waals surface area (Å²) in [6.45, 7) is 2.44. The van der Waals surface area contributed by atoms with Crippen molar-refractivity contribution < 1.29 is 23.1 Å². The van der Waals surface area contributed by atoms with Crippen molar-refractivity contribution in [3.63, 3.8) is 0 Å². The van der Waals surface area contributed by atoms with E-state index in [0.29, 0.717) is 48.3 Å². The van der Waals surface area contributed by atoms with E-state index in [1.807, 2.05) is 12.1 Å². The van der Waals surface area contributed by atoms with Crippen LogP contribution in [0.5, 0.6) is 0 Å². The zero-order valence-electron chi connectivity index (χ0n) is 21.0. The van der Waals surface area contributed by atoms with Gasteiger partial charge >= 0.3 is 5.97 Å². The van der Waals surface area contributed by atoms with E-state index in [1.54, 1.807) is 18.2 Å². The number of hydrogen-bond donors (Lipinski definition) is 1. The van der Waals surface area contributed by atoms with Gasteiger partial charge in [0.2, 0.25) is 0 Å². The lowest BCUT2D eigenvalue weighted by Crippen LogP contribution is -2.47. The third-order valence-corrected chi connectivity index (χ3v) is 7.97. The largest absolute Gasteiger partial charge is 0.478 e. The summed E-state index contributed by atoms with van der Waals surface area (Å²) in [5, 5.41) is 9.49. The van der Waals surface area contributed by atoms with Crippen LogP contribution in [0.15, 0.2) is 54.6 Å². The fourth-order valence-electron chi connectivity index (χ4n) is 5.74. The van der Waals surface area contributed by atoms with Gasteiger partial charge in [-0.05, 0) is 89.1 Å². The van der Waals surface area contributed by atoms with Crippen molar-refractivity contribution in [3.8, 4) is 0 Å². The molecule has 2 aliphatic rings. The molecule has 0 atom stereocenters. The maximum Gasteiger partial charge on any atom is 0.338 e. The van der Waals surface area contributed by atoms with Crippen molar-refractivity contribution in [2.75, 3.05) is 26.3 Å². The summed E-state index contributed by atoms with van der Waals surface area (Å²) in [5.41, 5.74) is 4.74. The van der Waals surface area contributed by atoms with Crippen molar-refractivity contribution >= 4 is 28.7 Å². The van der Waals surface area contributed by atoms with Gasteiger partial charge in [0.1, 0.15) is 11.6 Å². The lowest BCUT2D eigenvalue weighted by molar-refractivity contribution is 0.0691. The topological polar surface area (TPSA) is 40.5 Å². The second kappa shape index (κ2) is 11.3. The molecule has 1 aliphatic heterocycles. The molecule has 198 valence electrons. The molecule has 1 fully saturated rings. The number of nitrogens with zero attached hydrogens (tertiary/aromatic N) is 1. The zero-order valence-corrected chi connectivity index (χ0v) is 21.7. The van der Waals surface area contributed by atoms with Crippen LogP contribution in [0.3, 0.4) is 0 Å². The van der Waals surface area contributed by atoms with E-state index < -0.39 is 17.6 Å². The molecule has 1 heterocycles. The van der Waals surface area contributed by atoms with Crippen LogP contribution in [0.4, 0.5) is 13.2 Å². The van der Waals surface area contributed by atoms with Gasteiger partial charge in [-0.15, -0.1) is 0 Å². The fourth-order valence-corrected chi connectivity index (χ4v) is 5.98. The molecule has 1 saturated heterocycles. The molecule has 3 aromatic rings. The molecule has 0 bridgehead atoms. The smallest absolute Gasteiger partial charge is 0.338 e. The van der Waals surface area contributed by atoms with Gasteiger partial charge in [0.25, 0.3) is 0 Å². The van der Waals surface area contributed by atoms with Gasteiger partial charge in [-0.25, -0.2) is 13.6 Å². The van der Waals surface area contributed by atoms with Crippen molar-refractivity contribution in [2.45, 2.75) is 32.1 Å². The third kappa shape index (κ3) is 5.25. The predicted octanol–water partition coefficient (Wildman–Crippen LogP) is 7.45.